The van der Waals surface area contributed by atoms with E-state index in [1.165, 1.54) is 4.68 Å². The van der Waals surface area contributed by atoms with Gasteiger partial charge in [-0.15, -0.1) is 17.5 Å². The predicted octanol–water partition coefficient (Wildman–Crippen LogP) is 0.0668. The lowest BCUT2D eigenvalue weighted by atomic mass is 10.2. The minimum absolute atomic E-state index is 0. The molecular formula is C13H18ClN5O2. The number of benzene rings is 1. The largest absolute Gasteiger partial charge is 0.352 e. The predicted molar refractivity (Wildman–Crippen MR) is 82.3 cm³/mol. The van der Waals surface area contributed by atoms with Crippen LogP contribution in [0.2, 0.25) is 0 Å². The number of amides is 1. The second kappa shape index (κ2) is 7.70. The molecule has 0 aliphatic heterocycles. The Labute approximate surface area is 127 Å². The third-order valence-corrected chi connectivity index (χ3v) is 2.94. The molecule has 0 fully saturated rings. The minimum Gasteiger partial charge on any atom is -0.352 e. The van der Waals surface area contributed by atoms with Gasteiger partial charge in [0, 0.05) is 19.0 Å². The number of nitrogens with two attached hydrogens (primary N) is 1. The first kappa shape index (κ1) is 17.1. The Hall–Kier alpha value is -1.99. The molecule has 8 heteroatoms. The Bertz CT molecular complexity index is 673. The van der Waals surface area contributed by atoms with Gasteiger partial charge in [-0.2, -0.15) is 0 Å². The zero-order valence-corrected chi connectivity index (χ0v) is 12.5. The molecule has 114 valence electrons. The zero-order chi connectivity index (χ0) is 14.5. The Morgan fingerprint density at radius 1 is 1.43 bits per heavy atom. The van der Waals surface area contributed by atoms with Crippen LogP contribution in [0.4, 0.5) is 0 Å². The fourth-order valence-corrected chi connectivity index (χ4v) is 1.78. The minimum atomic E-state index is -0.240. The van der Waals surface area contributed by atoms with Crippen molar-refractivity contribution >= 4 is 29.2 Å². The average Bonchev–Trinajstić information content (AvgIpc) is 2.46. The van der Waals surface area contributed by atoms with E-state index in [1.54, 1.807) is 24.3 Å². The smallest absolute Gasteiger partial charge is 0.277 e. The average molecular weight is 312 g/mol. The van der Waals surface area contributed by atoms with Crippen LogP contribution in [0, 0.1) is 0 Å². The molecular weight excluding hydrogens is 294 g/mol. The van der Waals surface area contributed by atoms with E-state index in [2.05, 4.69) is 15.6 Å². The highest BCUT2D eigenvalue weighted by molar-refractivity contribution is 5.85. The SMILES string of the molecule is C[C@@H](CN)NC(=O)CCn1nnc2ccccc2c1=O.Cl. The normalized spacial score (nSPS) is 11.7. The van der Waals surface area contributed by atoms with Gasteiger partial charge in [-0.1, -0.05) is 17.3 Å². The molecule has 2 aromatic rings. The van der Waals surface area contributed by atoms with Crippen LogP contribution in [-0.2, 0) is 11.3 Å². The summed E-state index contributed by atoms with van der Waals surface area (Å²) < 4.78 is 1.20. The number of aryl methyl sites for hydroxylation is 1. The van der Waals surface area contributed by atoms with E-state index in [0.717, 1.165) is 0 Å². The molecule has 21 heavy (non-hydrogen) atoms. The van der Waals surface area contributed by atoms with Crippen LogP contribution in [0.25, 0.3) is 10.9 Å². The van der Waals surface area contributed by atoms with Crippen LogP contribution in [0.5, 0.6) is 0 Å². The summed E-state index contributed by atoms with van der Waals surface area (Å²) in [7, 11) is 0. The monoisotopic (exact) mass is 311 g/mol. The van der Waals surface area contributed by atoms with Gasteiger partial charge in [-0.3, -0.25) is 9.59 Å². The van der Waals surface area contributed by atoms with Gasteiger partial charge in [0.05, 0.1) is 11.9 Å². The standard InChI is InChI=1S/C13H17N5O2.ClH/c1-9(8-14)15-12(19)6-7-18-13(20)10-4-2-3-5-11(10)16-17-18;/h2-5,9H,6-8,14H2,1H3,(H,15,19);1H/t9-;/m0./s1. The van der Waals surface area contributed by atoms with Crippen molar-refractivity contribution in [3.05, 3.63) is 34.6 Å². The van der Waals surface area contributed by atoms with Gasteiger partial charge in [0.2, 0.25) is 5.91 Å². The molecule has 1 amide bonds. The Morgan fingerprint density at radius 2 is 2.14 bits per heavy atom. The molecule has 1 aromatic heterocycles. The van der Waals surface area contributed by atoms with E-state index in [0.29, 0.717) is 17.4 Å². The van der Waals surface area contributed by atoms with Gasteiger partial charge in [0.25, 0.3) is 5.56 Å². The van der Waals surface area contributed by atoms with Crippen LogP contribution in [0.1, 0.15) is 13.3 Å². The van der Waals surface area contributed by atoms with Crippen molar-refractivity contribution in [2.75, 3.05) is 6.54 Å². The molecule has 0 saturated carbocycles. The number of nitrogens with zero attached hydrogens (tertiary/aromatic N) is 3. The summed E-state index contributed by atoms with van der Waals surface area (Å²) in [5.41, 5.74) is 5.73. The second-order valence-electron chi connectivity index (χ2n) is 4.59. The lowest BCUT2D eigenvalue weighted by Crippen LogP contribution is -2.38. The number of hydrogen-bond donors (Lipinski definition) is 2. The molecule has 0 radical (unpaired) electrons. The number of nitrogens with one attached hydrogen (secondary N) is 1. The first-order chi connectivity index (χ1) is 9.61. The fraction of sp³-hybridized carbons (Fsp3) is 0.385. The number of carbonyl (C=O) groups is 1. The van der Waals surface area contributed by atoms with Crippen molar-refractivity contribution in [2.24, 2.45) is 5.73 Å². The molecule has 0 bridgehead atoms. The molecule has 0 unspecified atom stereocenters. The van der Waals surface area contributed by atoms with E-state index in [4.69, 9.17) is 5.73 Å². The molecule has 0 spiro atoms. The second-order valence-corrected chi connectivity index (χ2v) is 4.59. The summed E-state index contributed by atoms with van der Waals surface area (Å²) in [6, 6.07) is 6.90. The quantitative estimate of drug-likeness (QED) is 0.813. The number of fused-ring (bicyclic) bond motifs is 1. The van der Waals surface area contributed by atoms with E-state index >= 15 is 0 Å². The highest BCUT2D eigenvalue weighted by atomic mass is 35.5. The van der Waals surface area contributed by atoms with Crippen LogP contribution in [0.15, 0.2) is 29.1 Å². The summed E-state index contributed by atoms with van der Waals surface area (Å²) in [5, 5.41) is 11.0. The van der Waals surface area contributed by atoms with Crippen LogP contribution in [0.3, 0.4) is 0 Å². The molecule has 1 aromatic carbocycles. The number of hydrogen-bond acceptors (Lipinski definition) is 5. The molecule has 1 atom stereocenters. The van der Waals surface area contributed by atoms with Gasteiger partial charge in [-0.25, -0.2) is 4.68 Å². The zero-order valence-electron chi connectivity index (χ0n) is 11.7. The Morgan fingerprint density at radius 3 is 2.86 bits per heavy atom. The summed E-state index contributed by atoms with van der Waals surface area (Å²) in [5.74, 6) is -0.162. The molecule has 3 N–H and O–H groups in total. The van der Waals surface area contributed by atoms with Gasteiger partial charge in [-0.05, 0) is 19.1 Å². The van der Waals surface area contributed by atoms with Crippen LogP contribution in [-0.4, -0.2) is 33.5 Å². The van der Waals surface area contributed by atoms with Crippen molar-refractivity contribution in [3.8, 4) is 0 Å². The van der Waals surface area contributed by atoms with E-state index in [1.807, 2.05) is 6.92 Å². The highest BCUT2D eigenvalue weighted by Crippen LogP contribution is 2.03. The number of aromatic nitrogens is 3. The van der Waals surface area contributed by atoms with Gasteiger partial charge >= 0.3 is 0 Å². The van der Waals surface area contributed by atoms with Crippen LogP contribution >= 0.6 is 12.4 Å². The maximum Gasteiger partial charge on any atom is 0.277 e. The third-order valence-electron chi connectivity index (χ3n) is 2.94. The van der Waals surface area contributed by atoms with Gasteiger partial charge in [0.15, 0.2) is 0 Å². The number of halogens is 1. The Kier molecular flexibility index (Phi) is 6.26. The van der Waals surface area contributed by atoms with E-state index in [9.17, 15) is 9.59 Å². The fourth-order valence-electron chi connectivity index (χ4n) is 1.78. The molecule has 1 heterocycles. The molecule has 0 saturated heterocycles. The van der Waals surface area contributed by atoms with Gasteiger partial charge < -0.3 is 11.1 Å². The topological polar surface area (TPSA) is 103 Å². The lowest BCUT2D eigenvalue weighted by Gasteiger charge is -2.11. The van der Waals surface area contributed by atoms with E-state index in [-0.39, 0.29) is 42.9 Å². The summed E-state index contributed by atoms with van der Waals surface area (Å²) in [6.07, 6.45) is 0.164. The Balaban J connectivity index is 0.00000220. The lowest BCUT2D eigenvalue weighted by molar-refractivity contribution is -0.121. The van der Waals surface area contributed by atoms with Crippen molar-refractivity contribution in [1.82, 2.24) is 20.3 Å². The third kappa shape index (κ3) is 4.24. The molecule has 2 rings (SSSR count). The van der Waals surface area contributed by atoms with Crippen molar-refractivity contribution in [1.29, 1.82) is 0 Å². The van der Waals surface area contributed by atoms with Crippen molar-refractivity contribution in [3.63, 3.8) is 0 Å². The maximum absolute atomic E-state index is 12.1. The van der Waals surface area contributed by atoms with Crippen molar-refractivity contribution < 1.29 is 4.79 Å². The molecule has 7 nitrogen and oxygen atoms in total. The summed E-state index contributed by atoms with van der Waals surface area (Å²) in [6.45, 7) is 2.39. The van der Waals surface area contributed by atoms with Crippen molar-refractivity contribution in [2.45, 2.75) is 25.9 Å². The van der Waals surface area contributed by atoms with Crippen LogP contribution < -0.4 is 16.6 Å². The molecule has 0 aliphatic rings. The number of rotatable bonds is 5. The van der Waals surface area contributed by atoms with Gasteiger partial charge in [0.1, 0.15) is 5.52 Å². The summed E-state index contributed by atoms with van der Waals surface area (Å²) >= 11 is 0. The maximum atomic E-state index is 12.1. The first-order valence-electron chi connectivity index (χ1n) is 6.44. The van der Waals surface area contributed by atoms with E-state index < -0.39 is 0 Å². The first-order valence-corrected chi connectivity index (χ1v) is 6.44. The molecule has 0 aliphatic carbocycles. The highest BCUT2D eigenvalue weighted by Gasteiger charge is 2.09. The number of carbonyl (C=O) groups excluding carboxylic acids is 1. The summed E-state index contributed by atoms with van der Waals surface area (Å²) in [4.78, 5) is 23.8.